The molecular weight excluding hydrogens is 360 g/mol. The van der Waals surface area contributed by atoms with Gasteiger partial charge in [-0.3, -0.25) is 14.5 Å². The molecule has 0 spiro atoms. The highest BCUT2D eigenvalue weighted by atomic mass is 32.2. The first-order valence-corrected chi connectivity index (χ1v) is 8.88. The van der Waals surface area contributed by atoms with Gasteiger partial charge >= 0.3 is 5.97 Å². The normalized spacial score (nSPS) is 17.0. The summed E-state index contributed by atoms with van der Waals surface area (Å²) < 4.78 is 0.280. The molecule has 6 nitrogen and oxygen atoms in total. The average molecular weight is 378 g/mol. The Morgan fingerprint density at radius 1 is 1.36 bits per heavy atom. The van der Waals surface area contributed by atoms with Gasteiger partial charge in [0, 0.05) is 0 Å². The number of nitrogens with one attached hydrogen (secondary N) is 1. The van der Waals surface area contributed by atoms with Crippen LogP contribution in [0.4, 0.5) is 0 Å². The molecule has 8 heteroatoms. The topological polar surface area (TPSA) is 86.7 Å². The number of thiocarbonyl (C=S) groups is 1. The second-order valence-corrected chi connectivity index (χ2v) is 7.22. The molecule has 2 amide bonds. The number of rotatable bonds is 6. The molecule has 1 aliphatic rings. The van der Waals surface area contributed by atoms with E-state index in [0.29, 0.717) is 4.91 Å². The lowest BCUT2D eigenvalue weighted by molar-refractivity contribution is -0.142. The maximum Gasteiger partial charge on any atom is 0.326 e. The van der Waals surface area contributed by atoms with E-state index in [1.807, 2.05) is 31.2 Å². The Kier molecular flexibility index (Phi) is 6.33. The molecule has 0 radical (unpaired) electrons. The van der Waals surface area contributed by atoms with Crippen LogP contribution in [0, 0.1) is 6.92 Å². The zero-order valence-corrected chi connectivity index (χ0v) is 15.4. The molecule has 1 aromatic carbocycles. The van der Waals surface area contributed by atoms with Gasteiger partial charge in [-0.1, -0.05) is 60.7 Å². The van der Waals surface area contributed by atoms with Crippen molar-refractivity contribution in [2.24, 2.45) is 0 Å². The van der Waals surface area contributed by atoms with Gasteiger partial charge in [-0.2, -0.15) is 0 Å². The Morgan fingerprint density at radius 3 is 2.56 bits per heavy atom. The zero-order chi connectivity index (χ0) is 18.6. The molecule has 0 unspecified atom stereocenters. The van der Waals surface area contributed by atoms with E-state index in [-0.39, 0.29) is 23.2 Å². The van der Waals surface area contributed by atoms with E-state index < -0.39 is 17.9 Å². The van der Waals surface area contributed by atoms with Crippen molar-refractivity contribution < 1.29 is 19.5 Å². The van der Waals surface area contributed by atoms with E-state index in [0.717, 1.165) is 22.9 Å². The highest BCUT2D eigenvalue weighted by Gasteiger charge is 2.34. The monoisotopic (exact) mass is 378 g/mol. The Morgan fingerprint density at radius 2 is 2.00 bits per heavy atom. The number of carboxylic acids is 1. The SMILES string of the molecule is CC[C@H](NC(=O)CN1C(=O)/C(=C\c2ccc(C)cc2)SC1=S)C(=O)O. The number of carboxylic acid groups (broad SMARTS) is 1. The fourth-order valence-corrected chi connectivity index (χ4v) is 3.43. The number of nitrogens with zero attached hydrogens (tertiary/aromatic N) is 1. The van der Waals surface area contributed by atoms with Crippen LogP contribution in [0.2, 0.25) is 0 Å². The number of amides is 2. The van der Waals surface area contributed by atoms with Crippen molar-refractivity contribution in [2.45, 2.75) is 26.3 Å². The van der Waals surface area contributed by atoms with Crippen molar-refractivity contribution in [1.29, 1.82) is 0 Å². The highest BCUT2D eigenvalue weighted by molar-refractivity contribution is 8.26. The average Bonchev–Trinajstić information content (AvgIpc) is 2.82. The molecule has 1 aromatic rings. The van der Waals surface area contributed by atoms with Gasteiger partial charge in [-0.15, -0.1) is 0 Å². The van der Waals surface area contributed by atoms with Crippen LogP contribution in [-0.4, -0.2) is 44.7 Å². The van der Waals surface area contributed by atoms with Gasteiger partial charge in [-0.05, 0) is 25.0 Å². The van der Waals surface area contributed by atoms with E-state index in [4.69, 9.17) is 17.3 Å². The van der Waals surface area contributed by atoms with Gasteiger partial charge in [0.1, 0.15) is 16.9 Å². The third-order valence-electron chi connectivity index (χ3n) is 3.59. The van der Waals surface area contributed by atoms with Crippen LogP contribution >= 0.6 is 24.0 Å². The Bertz CT molecular complexity index is 744. The third-order valence-corrected chi connectivity index (χ3v) is 4.97. The summed E-state index contributed by atoms with van der Waals surface area (Å²) in [6, 6.07) is 6.70. The number of carbonyl (C=O) groups is 3. The van der Waals surface area contributed by atoms with Crippen molar-refractivity contribution in [2.75, 3.05) is 6.54 Å². The first kappa shape index (κ1) is 19.1. The van der Waals surface area contributed by atoms with E-state index in [2.05, 4.69) is 5.32 Å². The molecule has 1 aliphatic heterocycles. The second-order valence-electron chi connectivity index (χ2n) is 5.55. The molecule has 1 atom stereocenters. The summed E-state index contributed by atoms with van der Waals surface area (Å²) in [6.07, 6.45) is 1.98. The van der Waals surface area contributed by atoms with Gasteiger partial charge in [0.15, 0.2) is 0 Å². The van der Waals surface area contributed by atoms with Crippen LogP contribution in [0.5, 0.6) is 0 Å². The van der Waals surface area contributed by atoms with Crippen LogP contribution in [0.1, 0.15) is 24.5 Å². The molecule has 1 fully saturated rings. The molecule has 2 N–H and O–H groups in total. The first-order chi connectivity index (χ1) is 11.8. The fourth-order valence-electron chi connectivity index (χ4n) is 2.17. The quantitative estimate of drug-likeness (QED) is 0.583. The van der Waals surface area contributed by atoms with Gasteiger partial charge in [0.2, 0.25) is 5.91 Å². The summed E-state index contributed by atoms with van der Waals surface area (Å²) in [5.41, 5.74) is 1.98. The van der Waals surface area contributed by atoms with E-state index in [1.165, 1.54) is 4.90 Å². The van der Waals surface area contributed by atoms with Crippen LogP contribution in [0.3, 0.4) is 0 Å². The summed E-state index contributed by atoms with van der Waals surface area (Å²) >= 11 is 6.30. The second kappa shape index (κ2) is 8.26. The lowest BCUT2D eigenvalue weighted by Gasteiger charge is -2.17. The Balaban J connectivity index is 2.07. The number of benzene rings is 1. The van der Waals surface area contributed by atoms with Crippen LogP contribution < -0.4 is 5.32 Å². The predicted octanol–water partition coefficient (Wildman–Crippen LogP) is 2.18. The molecule has 0 bridgehead atoms. The summed E-state index contributed by atoms with van der Waals surface area (Å²) in [4.78, 5) is 37.1. The van der Waals surface area contributed by atoms with Gasteiger partial charge < -0.3 is 10.4 Å². The van der Waals surface area contributed by atoms with Gasteiger partial charge in [-0.25, -0.2) is 4.79 Å². The summed E-state index contributed by atoms with van der Waals surface area (Å²) in [5, 5.41) is 11.4. The molecule has 0 aliphatic carbocycles. The third kappa shape index (κ3) is 4.90. The van der Waals surface area contributed by atoms with Crippen molar-refractivity contribution in [3.05, 3.63) is 40.3 Å². The first-order valence-electron chi connectivity index (χ1n) is 7.66. The smallest absolute Gasteiger partial charge is 0.326 e. The van der Waals surface area contributed by atoms with Gasteiger partial charge in [0.25, 0.3) is 5.91 Å². The number of aliphatic carboxylic acids is 1. The fraction of sp³-hybridized carbons (Fsp3) is 0.294. The van der Waals surface area contributed by atoms with Gasteiger partial charge in [0.05, 0.1) is 4.91 Å². The number of aryl methyl sites for hydroxylation is 1. The lowest BCUT2D eigenvalue weighted by atomic mass is 10.1. The molecule has 2 rings (SSSR count). The van der Waals surface area contributed by atoms with Crippen molar-refractivity contribution >= 4 is 52.2 Å². The van der Waals surface area contributed by atoms with Crippen LogP contribution in [-0.2, 0) is 14.4 Å². The van der Waals surface area contributed by atoms with Crippen molar-refractivity contribution in [1.82, 2.24) is 10.2 Å². The molecular formula is C17H18N2O4S2. The predicted molar refractivity (Wildman–Crippen MR) is 101 cm³/mol. The zero-order valence-electron chi connectivity index (χ0n) is 13.8. The molecule has 0 aromatic heterocycles. The standard InChI is InChI=1S/C17H18N2O4S2/c1-3-12(16(22)23)18-14(20)9-19-15(21)13(25-17(19)24)8-11-6-4-10(2)5-7-11/h4-8,12H,3,9H2,1-2H3,(H,18,20)(H,22,23)/b13-8+/t12-/m0/s1. The molecule has 25 heavy (non-hydrogen) atoms. The summed E-state index contributed by atoms with van der Waals surface area (Å²) in [7, 11) is 0. The maximum absolute atomic E-state index is 12.5. The lowest BCUT2D eigenvalue weighted by Crippen LogP contribution is -2.46. The Labute approximate surface area is 155 Å². The highest BCUT2D eigenvalue weighted by Crippen LogP contribution is 2.32. The minimum absolute atomic E-state index is 0.257. The van der Waals surface area contributed by atoms with E-state index in [9.17, 15) is 14.4 Å². The largest absolute Gasteiger partial charge is 0.480 e. The Hall–Kier alpha value is -2.19. The van der Waals surface area contributed by atoms with E-state index >= 15 is 0 Å². The summed E-state index contributed by atoms with van der Waals surface area (Å²) in [6.45, 7) is 3.34. The number of thioether (sulfide) groups is 1. The molecule has 0 saturated carbocycles. The van der Waals surface area contributed by atoms with E-state index in [1.54, 1.807) is 13.0 Å². The minimum Gasteiger partial charge on any atom is -0.480 e. The number of carbonyl (C=O) groups excluding carboxylic acids is 2. The van der Waals surface area contributed by atoms with Crippen LogP contribution in [0.25, 0.3) is 6.08 Å². The van der Waals surface area contributed by atoms with Crippen molar-refractivity contribution in [3.8, 4) is 0 Å². The summed E-state index contributed by atoms with van der Waals surface area (Å²) in [5.74, 6) is -2.02. The molecule has 1 saturated heterocycles. The van der Waals surface area contributed by atoms with Crippen molar-refractivity contribution in [3.63, 3.8) is 0 Å². The van der Waals surface area contributed by atoms with Crippen LogP contribution in [0.15, 0.2) is 29.2 Å². The molecule has 132 valence electrons. The minimum atomic E-state index is -1.11. The maximum atomic E-state index is 12.5. The number of hydrogen-bond acceptors (Lipinski definition) is 5. The number of hydrogen-bond donors (Lipinski definition) is 2. The molecule has 1 heterocycles.